The van der Waals surface area contributed by atoms with E-state index in [1.165, 1.54) is 11.1 Å². The first-order chi connectivity index (χ1) is 10.9. The number of guanidine groups is 1. The molecule has 1 aromatic carbocycles. The number of aliphatic hydroxyl groups is 1. The van der Waals surface area contributed by atoms with Crippen molar-refractivity contribution in [3.8, 4) is 11.1 Å². The molecule has 0 fully saturated rings. The van der Waals surface area contributed by atoms with Gasteiger partial charge in [-0.05, 0) is 36.2 Å². The number of aromatic nitrogens is 1. The van der Waals surface area contributed by atoms with E-state index in [-0.39, 0.29) is 5.96 Å². The third kappa shape index (κ3) is 2.77. The zero-order chi connectivity index (χ0) is 16.6. The minimum absolute atomic E-state index is 0.282. The van der Waals surface area contributed by atoms with Gasteiger partial charge in [-0.3, -0.25) is 0 Å². The maximum atomic E-state index is 13.9. The molecule has 3 N–H and O–H groups in total. The van der Waals surface area contributed by atoms with Gasteiger partial charge < -0.3 is 15.7 Å². The molecule has 1 aromatic heterocycles. The van der Waals surface area contributed by atoms with Gasteiger partial charge in [-0.1, -0.05) is 18.2 Å². The van der Waals surface area contributed by atoms with Gasteiger partial charge >= 0.3 is 0 Å². The number of aliphatic imine (C=N–C) groups is 1. The van der Waals surface area contributed by atoms with Crippen LogP contribution in [-0.4, -0.2) is 34.2 Å². The van der Waals surface area contributed by atoms with E-state index < -0.39 is 17.7 Å². The van der Waals surface area contributed by atoms with Gasteiger partial charge in [0.15, 0.2) is 5.96 Å². The van der Waals surface area contributed by atoms with E-state index in [0.29, 0.717) is 12.0 Å². The number of benzene rings is 1. The van der Waals surface area contributed by atoms with Crippen LogP contribution in [0.4, 0.5) is 4.39 Å². The topological polar surface area (TPSA) is 74.7 Å². The SMILES string of the molecule is CN1C(N)=NC(C)(c2cccc(-c3cccnc3F)c2)CC1O. The van der Waals surface area contributed by atoms with E-state index in [1.54, 1.807) is 19.2 Å². The molecule has 2 atom stereocenters. The lowest BCUT2D eigenvalue weighted by atomic mass is 9.85. The maximum Gasteiger partial charge on any atom is 0.220 e. The molecule has 0 spiro atoms. The Bertz CT molecular complexity index is 764. The molecule has 5 nitrogen and oxygen atoms in total. The van der Waals surface area contributed by atoms with Gasteiger partial charge in [-0.25, -0.2) is 9.98 Å². The highest BCUT2D eigenvalue weighted by molar-refractivity contribution is 5.79. The van der Waals surface area contributed by atoms with Crippen molar-refractivity contribution in [2.45, 2.75) is 25.1 Å². The quantitative estimate of drug-likeness (QED) is 0.832. The van der Waals surface area contributed by atoms with Gasteiger partial charge in [0.25, 0.3) is 0 Å². The molecule has 0 radical (unpaired) electrons. The summed E-state index contributed by atoms with van der Waals surface area (Å²) in [5, 5.41) is 10.2. The second-order valence-corrected chi connectivity index (χ2v) is 5.96. The highest BCUT2D eigenvalue weighted by Gasteiger charge is 2.36. The third-order valence-corrected chi connectivity index (χ3v) is 4.30. The molecule has 0 saturated heterocycles. The number of nitrogens with two attached hydrogens (primary N) is 1. The van der Waals surface area contributed by atoms with Gasteiger partial charge in [-0.15, -0.1) is 0 Å². The van der Waals surface area contributed by atoms with Crippen molar-refractivity contribution < 1.29 is 9.50 Å². The smallest absolute Gasteiger partial charge is 0.220 e. The van der Waals surface area contributed by atoms with Crippen LogP contribution in [0.15, 0.2) is 47.6 Å². The molecular weight excluding hydrogens is 295 g/mol. The second kappa shape index (κ2) is 5.62. The van der Waals surface area contributed by atoms with Gasteiger partial charge in [-0.2, -0.15) is 4.39 Å². The van der Waals surface area contributed by atoms with Crippen LogP contribution in [0.5, 0.6) is 0 Å². The van der Waals surface area contributed by atoms with Crippen LogP contribution in [0.1, 0.15) is 18.9 Å². The third-order valence-electron chi connectivity index (χ3n) is 4.30. The van der Waals surface area contributed by atoms with Gasteiger partial charge in [0, 0.05) is 25.2 Å². The molecule has 6 heteroatoms. The van der Waals surface area contributed by atoms with E-state index in [0.717, 1.165) is 11.1 Å². The summed E-state index contributed by atoms with van der Waals surface area (Å²) in [6, 6.07) is 10.8. The molecule has 2 heterocycles. The number of hydrogen-bond acceptors (Lipinski definition) is 5. The minimum Gasteiger partial charge on any atom is -0.373 e. The fraction of sp³-hybridized carbons (Fsp3) is 0.294. The molecule has 2 unspecified atom stereocenters. The van der Waals surface area contributed by atoms with Crippen LogP contribution in [0, 0.1) is 5.95 Å². The molecule has 1 aliphatic heterocycles. The Balaban J connectivity index is 2.05. The molecule has 0 saturated carbocycles. The summed E-state index contributed by atoms with van der Waals surface area (Å²) >= 11 is 0. The zero-order valence-electron chi connectivity index (χ0n) is 13.1. The lowest BCUT2D eigenvalue weighted by molar-refractivity contribution is 0.0292. The first-order valence-corrected chi connectivity index (χ1v) is 7.38. The number of aliphatic hydroxyl groups excluding tert-OH is 1. The fourth-order valence-corrected chi connectivity index (χ4v) is 2.83. The van der Waals surface area contributed by atoms with E-state index in [4.69, 9.17) is 5.73 Å². The van der Waals surface area contributed by atoms with Crippen molar-refractivity contribution in [1.82, 2.24) is 9.88 Å². The van der Waals surface area contributed by atoms with E-state index in [2.05, 4.69) is 9.98 Å². The summed E-state index contributed by atoms with van der Waals surface area (Å²) in [5.74, 6) is -0.231. The molecule has 2 aromatic rings. The summed E-state index contributed by atoms with van der Waals surface area (Å²) in [5.41, 5.74) is 7.26. The number of nitrogens with zero attached hydrogens (tertiary/aromatic N) is 3. The van der Waals surface area contributed by atoms with Crippen LogP contribution in [0.3, 0.4) is 0 Å². The summed E-state index contributed by atoms with van der Waals surface area (Å²) in [6.07, 6.45) is 1.11. The Morgan fingerprint density at radius 2 is 2.13 bits per heavy atom. The Morgan fingerprint density at radius 1 is 1.35 bits per heavy atom. The van der Waals surface area contributed by atoms with E-state index in [9.17, 15) is 9.50 Å². The number of halogens is 1. The fourth-order valence-electron chi connectivity index (χ4n) is 2.83. The van der Waals surface area contributed by atoms with Crippen molar-refractivity contribution in [2.24, 2.45) is 10.7 Å². The maximum absolute atomic E-state index is 13.9. The summed E-state index contributed by atoms with van der Waals surface area (Å²) in [6.45, 7) is 1.91. The van der Waals surface area contributed by atoms with E-state index in [1.807, 2.05) is 31.2 Å². The summed E-state index contributed by atoms with van der Waals surface area (Å²) in [4.78, 5) is 9.75. The van der Waals surface area contributed by atoms with E-state index >= 15 is 0 Å². The molecule has 120 valence electrons. The number of rotatable bonds is 2. The predicted molar refractivity (Wildman–Crippen MR) is 87.0 cm³/mol. The van der Waals surface area contributed by atoms with Gasteiger partial charge in [0.1, 0.15) is 6.23 Å². The standard InChI is InChI=1S/C17H19FN4O/c1-17(10-14(23)22(2)16(19)21-17)12-6-3-5-11(9-12)13-7-4-8-20-15(13)18/h3-9,14,23H,10H2,1-2H3,(H2,19,21). The Morgan fingerprint density at radius 3 is 2.83 bits per heavy atom. The van der Waals surface area contributed by atoms with Crippen molar-refractivity contribution >= 4 is 5.96 Å². The van der Waals surface area contributed by atoms with Crippen LogP contribution < -0.4 is 5.73 Å². The van der Waals surface area contributed by atoms with Crippen LogP contribution >= 0.6 is 0 Å². The van der Waals surface area contributed by atoms with Crippen LogP contribution in [0.2, 0.25) is 0 Å². The van der Waals surface area contributed by atoms with Gasteiger partial charge in [0.05, 0.1) is 5.54 Å². The molecule has 3 rings (SSSR count). The second-order valence-electron chi connectivity index (χ2n) is 5.96. The van der Waals surface area contributed by atoms with Crippen molar-refractivity contribution in [3.63, 3.8) is 0 Å². The molecule has 0 amide bonds. The molecule has 0 aliphatic carbocycles. The average molecular weight is 314 g/mol. The molecule has 1 aliphatic rings. The lowest BCUT2D eigenvalue weighted by Gasteiger charge is -2.38. The van der Waals surface area contributed by atoms with Crippen LogP contribution in [0.25, 0.3) is 11.1 Å². The average Bonchev–Trinajstić information content (AvgIpc) is 2.53. The number of pyridine rings is 1. The summed E-state index contributed by atoms with van der Waals surface area (Å²) < 4.78 is 13.9. The predicted octanol–water partition coefficient (Wildman–Crippen LogP) is 2.07. The molecule has 0 bridgehead atoms. The molecule has 23 heavy (non-hydrogen) atoms. The first-order valence-electron chi connectivity index (χ1n) is 7.38. The lowest BCUT2D eigenvalue weighted by Crippen LogP contribution is -2.50. The number of hydrogen-bond donors (Lipinski definition) is 2. The Kier molecular flexibility index (Phi) is 3.77. The zero-order valence-corrected chi connectivity index (χ0v) is 13.1. The first kappa shape index (κ1) is 15.4. The van der Waals surface area contributed by atoms with Gasteiger partial charge in [0.2, 0.25) is 5.95 Å². The Labute approximate surface area is 134 Å². The summed E-state index contributed by atoms with van der Waals surface area (Å²) in [7, 11) is 1.70. The Hall–Kier alpha value is -2.47. The highest BCUT2D eigenvalue weighted by Crippen LogP contribution is 2.36. The monoisotopic (exact) mass is 314 g/mol. The van der Waals surface area contributed by atoms with Crippen molar-refractivity contribution in [3.05, 3.63) is 54.1 Å². The molecular formula is C17H19FN4O. The largest absolute Gasteiger partial charge is 0.373 e. The normalized spacial score (nSPS) is 24.4. The van der Waals surface area contributed by atoms with Crippen LogP contribution in [-0.2, 0) is 5.54 Å². The minimum atomic E-state index is -0.712. The van der Waals surface area contributed by atoms with Crippen molar-refractivity contribution in [1.29, 1.82) is 0 Å². The highest BCUT2D eigenvalue weighted by atomic mass is 19.1. The van der Waals surface area contributed by atoms with Crippen molar-refractivity contribution in [2.75, 3.05) is 7.05 Å².